The van der Waals surface area contributed by atoms with Crippen molar-refractivity contribution in [2.75, 3.05) is 45.0 Å². The number of carbonyl (C=O) groups excluding carboxylic acids is 2. The Kier molecular flexibility index (Phi) is 7.45. The number of halogens is 1. The molecular formula is C19H23ClN3O4+. The number of likely N-dealkylation sites (N-methyl/N-ethyl adjacent to an activating group) is 1. The van der Waals surface area contributed by atoms with Gasteiger partial charge < -0.3 is 25.0 Å². The van der Waals surface area contributed by atoms with Crippen molar-refractivity contribution in [1.29, 1.82) is 0 Å². The fourth-order valence-corrected chi connectivity index (χ4v) is 2.70. The quantitative estimate of drug-likeness (QED) is 0.635. The van der Waals surface area contributed by atoms with Crippen LogP contribution in [0, 0.1) is 0 Å². The van der Waals surface area contributed by atoms with Gasteiger partial charge in [-0.3, -0.25) is 9.59 Å². The van der Waals surface area contributed by atoms with Gasteiger partial charge in [0.25, 0.3) is 11.8 Å². The highest BCUT2D eigenvalue weighted by Gasteiger charge is 2.15. The fraction of sp³-hybridized carbons (Fsp3) is 0.263. The lowest BCUT2D eigenvalue weighted by Gasteiger charge is -2.14. The average molecular weight is 393 g/mol. The number of anilines is 2. The van der Waals surface area contributed by atoms with E-state index in [4.69, 9.17) is 21.1 Å². The van der Waals surface area contributed by atoms with Gasteiger partial charge in [-0.2, -0.15) is 0 Å². The first kappa shape index (κ1) is 20.5. The molecule has 0 heterocycles. The molecule has 0 fully saturated rings. The van der Waals surface area contributed by atoms with Crippen LogP contribution in [0.4, 0.5) is 11.4 Å². The van der Waals surface area contributed by atoms with E-state index >= 15 is 0 Å². The van der Waals surface area contributed by atoms with Crippen molar-refractivity contribution in [3.8, 4) is 11.5 Å². The van der Waals surface area contributed by atoms with Gasteiger partial charge in [0.15, 0.2) is 13.1 Å². The zero-order chi connectivity index (χ0) is 19.8. The predicted octanol–water partition coefficient (Wildman–Crippen LogP) is 1.45. The number of rotatable bonds is 8. The lowest BCUT2D eigenvalue weighted by Crippen LogP contribution is -3.11. The monoisotopic (exact) mass is 392 g/mol. The Labute approximate surface area is 163 Å². The molecule has 2 rings (SSSR count). The summed E-state index contributed by atoms with van der Waals surface area (Å²) in [6.07, 6.45) is 0. The summed E-state index contributed by atoms with van der Waals surface area (Å²) in [5.41, 5.74) is 1.24. The number of quaternary nitrogens is 1. The summed E-state index contributed by atoms with van der Waals surface area (Å²) >= 11 is 6.04. The van der Waals surface area contributed by atoms with Crippen LogP contribution in [0.1, 0.15) is 0 Å². The van der Waals surface area contributed by atoms with Crippen molar-refractivity contribution in [3.05, 3.63) is 47.5 Å². The molecule has 27 heavy (non-hydrogen) atoms. The summed E-state index contributed by atoms with van der Waals surface area (Å²) in [5, 5.41) is 5.96. The van der Waals surface area contributed by atoms with Crippen LogP contribution in [-0.2, 0) is 9.59 Å². The van der Waals surface area contributed by atoms with Crippen LogP contribution in [-0.4, -0.2) is 46.2 Å². The molecule has 7 nitrogen and oxygen atoms in total. The van der Waals surface area contributed by atoms with Gasteiger partial charge in [-0.25, -0.2) is 0 Å². The summed E-state index contributed by atoms with van der Waals surface area (Å²) in [6.45, 7) is 0.294. The number of methoxy groups -OCH3 is 2. The molecule has 0 saturated heterocycles. The third-order valence-corrected chi connectivity index (χ3v) is 4.03. The summed E-state index contributed by atoms with van der Waals surface area (Å²) in [5.74, 6) is 0.850. The average Bonchev–Trinajstić information content (AvgIpc) is 2.62. The van der Waals surface area contributed by atoms with Crippen molar-refractivity contribution >= 4 is 34.8 Å². The molecule has 0 radical (unpaired) electrons. The molecule has 0 aliphatic carbocycles. The lowest BCUT2D eigenvalue weighted by molar-refractivity contribution is -0.862. The molecule has 2 amide bonds. The molecule has 0 bridgehead atoms. The highest BCUT2D eigenvalue weighted by molar-refractivity contribution is 6.32. The maximum atomic E-state index is 12.1. The topological polar surface area (TPSA) is 81.1 Å². The highest BCUT2D eigenvalue weighted by atomic mass is 35.5. The second-order valence-corrected chi connectivity index (χ2v) is 6.39. The largest absolute Gasteiger partial charge is 0.497 e. The SMILES string of the molecule is COc1ccc(NC(=O)C[NH+](C)CC(=O)Nc2ccc(OC)c(Cl)c2)cc1. The summed E-state index contributed by atoms with van der Waals surface area (Å²) in [4.78, 5) is 25.0. The molecular weight excluding hydrogens is 370 g/mol. The van der Waals surface area contributed by atoms with Crippen LogP contribution in [0.2, 0.25) is 5.02 Å². The van der Waals surface area contributed by atoms with E-state index in [1.165, 1.54) is 7.11 Å². The summed E-state index contributed by atoms with van der Waals surface area (Å²) in [7, 11) is 4.87. The third-order valence-electron chi connectivity index (χ3n) is 3.73. The maximum Gasteiger partial charge on any atom is 0.279 e. The predicted molar refractivity (Wildman–Crippen MR) is 105 cm³/mol. The normalized spacial score (nSPS) is 11.4. The van der Waals surface area contributed by atoms with E-state index in [9.17, 15) is 9.59 Å². The molecule has 0 saturated carbocycles. The Morgan fingerprint density at radius 1 is 0.926 bits per heavy atom. The van der Waals surface area contributed by atoms with Crippen LogP contribution in [0.5, 0.6) is 11.5 Å². The minimum absolute atomic E-state index is 0.139. The Morgan fingerprint density at radius 2 is 1.48 bits per heavy atom. The summed E-state index contributed by atoms with van der Waals surface area (Å²) in [6, 6.07) is 12.0. The molecule has 1 atom stereocenters. The Balaban J connectivity index is 1.81. The number of hydrogen-bond donors (Lipinski definition) is 3. The Hall–Kier alpha value is -2.77. The van der Waals surface area contributed by atoms with Gasteiger partial charge >= 0.3 is 0 Å². The van der Waals surface area contributed by atoms with Gasteiger partial charge in [-0.15, -0.1) is 0 Å². The minimum atomic E-state index is -0.217. The van der Waals surface area contributed by atoms with Crippen LogP contribution >= 0.6 is 11.6 Å². The van der Waals surface area contributed by atoms with Crippen molar-refractivity contribution in [2.45, 2.75) is 0 Å². The van der Waals surface area contributed by atoms with Gasteiger partial charge in [0.1, 0.15) is 11.5 Å². The van der Waals surface area contributed by atoms with E-state index in [2.05, 4.69) is 10.6 Å². The second kappa shape index (κ2) is 9.80. The third kappa shape index (κ3) is 6.47. The van der Waals surface area contributed by atoms with E-state index in [0.717, 1.165) is 4.90 Å². The molecule has 2 aromatic carbocycles. The van der Waals surface area contributed by atoms with Gasteiger partial charge in [-0.1, -0.05) is 11.6 Å². The Morgan fingerprint density at radius 3 is 2.00 bits per heavy atom. The van der Waals surface area contributed by atoms with Gasteiger partial charge in [0.2, 0.25) is 0 Å². The molecule has 0 aromatic heterocycles. The van der Waals surface area contributed by atoms with Crippen LogP contribution in [0.3, 0.4) is 0 Å². The van der Waals surface area contributed by atoms with Crippen molar-refractivity contribution < 1.29 is 24.0 Å². The fourth-order valence-electron chi connectivity index (χ4n) is 2.44. The van der Waals surface area contributed by atoms with Gasteiger partial charge in [0.05, 0.1) is 26.3 Å². The molecule has 3 N–H and O–H groups in total. The number of benzene rings is 2. The number of ether oxygens (including phenoxy) is 2. The van der Waals surface area contributed by atoms with E-state index in [0.29, 0.717) is 27.9 Å². The first-order valence-electron chi connectivity index (χ1n) is 8.30. The van der Waals surface area contributed by atoms with E-state index < -0.39 is 0 Å². The molecule has 1 unspecified atom stereocenters. The smallest absolute Gasteiger partial charge is 0.279 e. The maximum absolute atomic E-state index is 12.1. The zero-order valence-electron chi connectivity index (χ0n) is 15.5. The van der Waals surface area contributed by atoms with E-state index in [1.54, 1.807) is 56.6 Å². The van der Waals surface area contributed by atoms with Crippen LogP contribution in [0.25, 0.3) is 0 Å². The number of carbonyl (C=O) groups is 2. The van der Waals surface area contributed by atoms with Crippen molar-refractivity contribution in [2.24, 2.45) is 0 Å². The van der Waals surface area contributed by atoms with E-state index in [1.807, 2.05) is 0 Å². The van der Waals surface area contributed by atoms with Crippen molar-refractivity contribution in [3.63, 3.8) is 0 Å². The number of nitrogens with one attached hydrogen (secondary N) is 3. The second-order valence-electron chi connectivity index (χ2n) is 5.98. The molecule has 0 aliphatic heterocycles. The van der Waals surface area contributed by atoms with Crippen LogP contribution in [0.15, 0.2) is 42.5 Å². The molecule has 144 valence electrons. The highest BCUT2D eigenvalue weighted by Crippen LogP contribution is 2.27. The minimum Gasteiger partial charge on any atom is -0.497 e. The summed E-state index contributed by atoms with van der Waals surface area (Å²) < 4.78 is 10.1. The molecule has 8 heteroatoms. The first-order chi connectivity index (χ1) is 12.9. The van der Waals surface area contributed by atoms with Crippen molar-refractivity contribution in [1.82, 2.24) is 0 Å². The first-order valence-corrected chi connectivity index (χ1v) is 8.67. The standard InChI is InChI=1S/C19H22ClN3O4/c1-23(11-18(24)21-13-4-7-15(26-2)8-5-13)12-19(25)22-14-6-9-17(27-3)16(20)10-14/h4-10H,11-12H2,1-3H3,(H,21,24)(H,22,25)/p+1. The number of hydrogen-bond acceptors (Lipinski definition) is 4. The Bertz CT molecular complexity index is 796. The van der Waals surface area contributed by atoms with Gasteiger partial charge in [0, 0.05) is 11.4 Å². The van der Waals surface area contributed by atoms with Crippen LogP contribution < -0.4 is 25.0 Å². The van der Waals surface area contributed by atoms with E-state index in [-0.39, 0.29) is 24.9 Å². The molecule has 2 aromatic rings. The molecule has 0 aliphatic rings. The number of amides is 2. The van der Waals surface area contributed by atoms with Gasteiger partial charge in [-0.05, 0) is 42.5 Å². The lowest BCUT2D eigenvalue weighted by atomic mass is 10.3. The zero-order valence-corrected chi connectivity index (χ0v) is 16.2. The molecule has 0 spiro atoms.